The lowest BCUT2D eigenvalue weighted by atomic mass is 10.1. The van der Waals surface area contributed by atoms with E-state index in [1.807, 2.05) is 53.4 Å². The molecule has 6 heteroatoms. The molecule has 1 amide bonds. The van der Waals surface area contributed by atoms with Crippen LogP contribution in [0.5, 0.6) is 0 Å². The molecule has 1 saturated heterocycles. The molecule has 4 nitrogen and oxygen atoms in total. The van der Waals surface area contributed by atoms with Gasteiger partial charge in [-0.3, -0.25) is 4.79 Å². The molecule has 0 spiro atoms. The molecule has 0 atom stereocenters. The molecule has 0 aliphatic carbocycles. The predicted molar refractivity (Wildman–Crippen MR) is 112 cm³/mol. The maximum absolute atomic E-state index is 11.8. The number of halogens is 1. The molecule has 0 unspecified atom stereocenters. The number of nitrogens with zero attached hydrogens (tertiary/aromatic N) is 1. The highest BCUT2D eigenvalue weighted by atomic mass is 35.5. The van der Waals surface area contributed by atoms with Crippen molar-refractivity contribution < 1.29 is 4.79 Å². The van der Waals surface area contributed by atoms with E-state index in [2.05, 4.69) is 10.6 Å². The molecule has 1 aliphatic rings. The summed E-state index contributed by atoms with van der Waals surface area (Å²) in [4.78, 5) is 13.6. The fraction of sp³-hybridized carbons (Fsp3) is 0.300. The summed E-state index contributed by atoms with van der Waals surface area (Å²) < 4.78 is 0. The van der Waals surface area contributed by atoms with Crippen LogP contribution < -0.4 is 15.5 Å². The van der Waals surface area contributed by atoms with Crippen LogP contribution in [0.4, 0.5) is 11.4 Å². The van der Waals surface area contributed by atoms with Crippen LogP contribution in [0.25, 0.3) is 0 Å². The van der Waals surface area contributed by atoms with Gasteiger partial charge in [-0.25, -0.2) is 0 Å². The third-order valence-corrected chi connectivity index (χ3v) is 4.85. The van der Waals surface area contributed by atoms with Crippen LogP contribution in [-0.2, 0) is 11.2 Å². The Balaban J connectivity index is 1.40. The number of rotatable bonds is 6. The highest BCUT2D eigenvalue weighted by Gasteiger charge is 2.21. The van der Waals surface area contributed by atoms with Gasteiger partial charge in [0.15, 0.2) is 5.11 Å². The molecule has 136 valence electrons. The summed E-state index contributed by atoms with van der Waals surface area (Å²) in [6, 6.07) is 15.7. The Morgan fingerprint density at radius 3 is 2.50 bits per heavy atom. The molecule has 3 rings (SSSR count). The number of anilines is 2. The van der Waals surface area contributed by atoms with E-state index in [0.717, 1.165) is 48.7 Å². The number of hydrogen-bond donors (Lipinski definition) is 2. The van der Waals surface area contributed by atoms with Gasteiger partial charge >= 0.3 is 0 Å². The van der Waals surface area contributed by atoms with Crippen molar-refractivity contribution in [3.63, 3.8) is 0 Å². The normalized spacial score (nSPS) is 13.7. The molecule has 0 saturated carbocycles. The van der Waals surface area contributed by atoms with Crippen molar-refractivity contribution in [1.82, 2.24) is 5.32 Å². The van der Waals surface area contributed by atoms with Crippen molar-refractivity contribution in [1.29, 1.82) is 0 Å². The molecular formula is C20H22ClN3OS. The number of hydrogen-bond acceptors (Lipinski definition) is 2. The molecule has 0 aromatic heterocycles. The minimum Gasteiger partial charge on any atom is -0.362 e. The lowest BCUT2D eigenvalue weighted by Crippen LogP contribution is -2.29. The van der Waals surface area contributed by atoms with E-state index in [9.17, 15) is 4.79 Å². The largest absolute Gasteiger partial charge is 0.362 e. The van der Waals surface area contributed by atoms with Gasteiger partial charge in [0.05, 0.1) is 0 Å². The van der Waals surface area contributed by atoms with E-state index in [1.165, 1.54) is 5.56 Å². The smallest absolute Gasteiger partial charge is 0.227 e. The number of benzene rings is 2. The van der Waals surface area contributed by atoms with Crippen molar-refractivity contribution in [3.05, 3.63) is 59.1 Å². The average molecular weight is 388 g/mol. The van der Waals surface area contributed by atoms with Crippen LogP contribution in [0.2, 0.25) is 5.02 Å². The zero-order valence-corrected chi connectivity index (χ0v) is 16.1. The lowest BCUT2D eigenvalue weighted by Gasteiger charge is -2.16. The van der Waals surface area contributed by atoms with E-state index in [1.54, 1.807) is 0 Å². The summed E-state index contributed by atoms with van der Waals surface area (Å²) in [5.41, 5.74) is 3.12. The number of thiocarbonyl (C=S) groups is 1. The Morgan fingerprint density at radius 2 is 1.85 bits per heavy atom. The number of amides is 1. The van der Waals surface area contributed by atoms with Gasteiger partial charge in [0.25, 0.3) is 0 Å². The predicted octanol–water partition coefficient (Wildman–Crippen LogP) is 4.39. The summed E-state index contributed by atoms with van der Waals surface area (Å²) in [7, 11) is 0. The summed E-state index contributed by atoms with van der Waals surface area (Å²) in [6.45, 7) is 1.61. The van der Waals surface area contributed by atoms with Crippen LogP contribution >= 0.6 is 23.8 Å². The monoisotopic (exact) mass is 387 g/mol. The van der Waals surface area contributed by atoms with Crippen molar-refractivity contribution >= 4 is 46.2 Å². The average Bonchev–Trinajstić information content (AvgIpc) is 3.07. The SMILES string of the molecule is O=C1CCCN1c1ccc(NC(=S)NCCCc2ccc(Cl)cc2)cc1. The fourth-order valence-corrected chi connectivity index (χ4v) is 3.31. The summed E-state index contributed by atoms with van der Waals surface area (Å²) in [5, 5.41) is 7.76. The second-order valence-corrected chi connectivity index (χ2v) is 7.15. The van der Waals surface area contributed by atoms with E-state index in [4.69, 9.17) is 23.8 Å². The zero-order valence-electron chi connectivity index (χ0n) is 14.5. The number of carbonyl (C=O) groups excluding carboxylic acids is 1. The highest BCUT2D eigenvalue weighted by molar-refractivity contribution is 7.80. The van der Waals surface area contributed by atoms with E-state index >= 15 is 0 Å². The van der Waals surface area contributed by atoms with Crippen molar-refractivity contribution in [2.75, 3.05) is 23.3 Å². The molecular weight excluding hydrogens is 366 g/mol. The Kier molecular flexibility index (Phi) is 6.47. The van der Waals surface area contributed by atoms with Gasteiger partial charge in [-0.05, 0) is 73.4 Å². The Hall–Kier alpha value is -2.11. The first-order chi connectivity index (χ1) is 12.6. The van der Waals surface area contributed by atoms with E-state index in [-0.39, 0.29) is 5.91 Å². The van der Waals surface area contributed by atoms with Crippen LogP contribution in [-0.4, -0.2) is 24.1 Å². The van der Waals surface area contributed by atoms with Crippen LogP contribution in [0.3, 0.4) is 0 Å². The molecule has 0 radical (unpaired) electrons. The quantitative estimate of drug-likeness (QED) is 0.570. The van der Waals surface area contributed by atoms with Gasteiger partial charge in [0.1, 0.15) is 0 Å². The first-order valence-corrected chi connectivity index (χ1v) is 9.60. The number of carbonyl (C=O) groups is 1. The molecule has 2 aromatic carbocycles. The molecule has 1 heterocycles. The van der Waals surface area contributed by atoms with Gasteiger partial charge < -0.3 is 15.5 Å². The van der Waals surface area contributed by atoms with E-state index < -0.39 is 0 Å². The van der Waals surface area contributed by atoms with Gasteiger partial charge in [-0.2, -0.15) is 0 Å². The molecule has 2 aromatic rings. The number of nitrogens with one attached hydrogen (secondary N) is 2. The first-order valence-electron chi connectivity index (χ1n) is 8.81. The minimum absolute atomic E-state index is 0.198. The summed E-state index contributed by atoms with van der Waals surface area (Å²) in [6.07, 6.45) is 3.54. The first kappa shape index (κ1) is 18.7. The zero-order chi connectivity index (χ0) is 18.4. The third-order valence-electron chi connectivity index (χ3n) is 4.35. The summed E-state index contributed by atoms with van der Waals surface area (Å²) >= 11 is 11.2. The highest BCUT2D eigenvalue weighted by Crippen LogP contribution is 2.23. The van der Waals surface area contributed by atoms with Gasteiger partial charge in [0, 0.05) is 35.9 Å². The minimum atomic E-state index is 0.198. The molecule has 0 bridgehead atoms. The lowest BCUT2D eigenvalue weighted by molar-refractivity contribution is -0.117. The fourth-order valence-electron chi connectivity index (χ4n) is 2.97. The van der Waals surface area contributed by atoms with Crippen LogP contribution in [0.15, 0.2) is 48.5 Å². The maximum Gasteiger partial charge on any atom is 0.227 e. The van der Waals surface area contributed by atoms with Gasteiger partial charge in [-0.1, -0.05) is 23.7 Å². The molecule has 1 aliphatic heterocycles. The summed E-state index contributed by atoms with van der Waals surface area (Å²) in [5.74, 6) is 0.198. The maximum atomic E-state index is 11.8. The second kappa shape index (κ2) is 9.01. The molecule has 26 heavy (non-hydrogen) atoms. The Labute approximate surface area is 164 Å². The van der Waals surface area contributed by atoms with Crippen molar-refractivity contribution in [2.24, 2.45) is 0 Å². The Bertz CT molecular complexity index is 762. The standard InChI is InChI=1S/C20H22ClN3OS/c21-16-7-5-15(6-8-16)3-1-13-22-20(26)23-17-9-11-18(12-10-17)24-14-2-4-19(24)25/h5-12H,1-4,13-14H2,(H2,22,23,26). The van der Waals surface area contributed by atoms with Crippen molar-refractivity contribution in [3.8, 4) is 0 Å². The molecule has 1 fully saturated rings. The van der Waals surface area contributed by atoms with Crippen LogP contribution in [0.1, 0.15) is 24.8 Å². The second-order valence-electron chi connectivity index (χ2n) is 6.31. The van der Waals surface area contributed by atoms with Crippen LogP contribution in [0, 0.1) is 0 Å². The van der Waals surface area contributed by atoms with Gasteiger partial charge in [-0.15, -0.1) is 0 Å². The van der Waals surface area contributed by atoms with E-state index in [0.29, 0.717) is 11.5 Å². The topological polar surface area (TPSA) is 44.4 Å². The Morgan fingerprint density at radius 1 is 1.12 bits per heavy atom. The van der Waals surface area contributed by atoms with Crippen molar-refractivity contribution in [2.45, 2.75) is 25.7 Å². The third kappa shape index (κ3) is 5.19. The number of aryl methyl sites for hydroxylation is 1. The van der Waals surface area contributed by atoms with Gasteiger partial charge in [0.2, 0.25) is 5.91 Å². The molecule has 2 N–H and O–H groups in total.